The van der Waals surface area contributed by atoms with E-state index < -0.39 is 0 Å². The van der Waals surface area contributed by atoms with Crippen LogP contribution >= 0.6 is 0 Å². The van der Waals surface area contributed by atoms with Gasteiger partial charge in [0.05, 0.1) is 11.0 Å². The summed E-state index contributed by atoms with van der Waals surface area (Å²) in [5.74, 6) is 0.577. The number of imidazole rings is 2. The number of aromatic amines is 1. The smallest absolute Gasteiger partial charge is 0.278 e. The Labute approximate surface area is 130 Å². The van der Waals surface area contributed by atoms with Gasteiger partial charge in [-0.2, -0.15) is 0 Å². The van der Waals surface area contributed by atoms with E-state index in [9.17, 15) is 4.79 Å². The van der Waals surface area contributed by atoms with Crippen molar-refractivity contribution < 1.29 is 4.79 Å². The molecule has 2 N–H and O–H groups in total. The Kier molecular flexibility index (Phi) is 3.05. The molecule has 0 atom stereocenters. The van der Waals surface area contributed by atoms with Gasteiger partial charge in [0.15, 0.2) is 11.5 Å². The quantitative estimate of drug-likeness (QED) is 0.601. The molecule has 0 aliphatic rings. The molecule has 1 aromatic carbocycles. The van der Waals surface area contributed by atoms with Gasteiger partial charge in [-0.05, 0) is 24.3 Å². The molecule has 0 radical (unpaired) electrons. The molecule has 0 unspecified atom stereocenters. The standard InChI is InChI=1S/C15H11N7O/c23-14(19-15-17-10-3-1-2-4-11(10)18-15)12-5-6-13(21-20-12)22-8-7-16-9-22/h1-9H,(H2,17,18,19,23). The summed E-state index contributed by atoms with van der Waals surface area (Å²) < 4.78 is 1.70. The molecule has 0 saturated carbocycles. The van der Waals surface area contributed by atoms with E-state index in [1.807, 2.05) is 24.3 Å². The van der Waals surface area contributed by atoms with E-state index in [-0.39, 0.29) is 11.6 Å². The second-order valence-corrected chi connectivity index (χ2v) is 4.80. The van der Waals surface area contributed by atoms with Crippen LogP contribution in [-0.4, -0.2) is 35.6 Å². The number of para-hydroxylation sites is 2. The van der Waals surface area contributed by atoms with Gasteiger partial charge in [0.25, 0.3) is 5.91 Å². The lowest BCUT2D eigenvalue weighted by Gasteiger charge is -2.02. The summed E-state index contributed by atoms with van der Waals surface area (Å²) in [5, 5.41) is 10.6. The van der Waals surface area contributed by atoms with Crippen LogP contribution < -0.4 is 5.32 Å². The first-order chi connectivity index (χ1) is 11.3. The number of carbonyl (C=O) groups is 1. The average molecular weight is 305 g/mol. The molecule has 0 saturated heterocycles. The molecule has 4 aromatic rings. The number of amides is 1. The number of hydrogen-bond donors (Lipinski definition) is 2. The van der Waals surface area contributed by atoms with Gasteiger partial charge < -0.3 is 4.98 Å². The maximum Gasteiger partial charge on any atom is 0.278 e. The maximum absolute atomic E-state index is 12.2. The highest BCUT2D eigenvalue weighted by Gasteiger charge is 2.11. The van der Waals surface area contributed by atoms with Crippen molar-refractivity contribution in [3.05, 3.63) is 60.8 Å². The fourth-order valence-corrected chi connectivity index (χ4v) is 2.16. The van der Waals surface area contributed by atoms with Crippen LogP contribution in [0.3, 0.4) is 0 Å². The maximum atomic E-state index is 12.2. The molecule has 4 rings (SSSR count). The monoisotopic (exact) mass is 305 g/mol. The zero-order valence-electron chi connectivity index (χ0n) is 11.8. The molecule has 0 aliphatic heterocycles. The van der Waals surface area contributed by atoms with E-state index in [1.165, 1.54) is 0 Å². The first kappa shape index (κ1) is 13.1. The third-order valence-corrected chi connectivity index (χ3v) is 3.27. The summed E-state index contributed by atoms with van der Waals surface area (Å²) >= 11 is 0. The van der Waals surface area contributed by atoms with E-state index in [2.05, 4.69) is 30.5 Å². The Hall–Kier alpha value is -3.55. The number of benzene rings is 1. The van der Waals surface area contributed by atoms with E-state index >= 15 is 0 Å². The molecular weight excluding hydrogens is 294 g/mol. The van der Waals surface area contributed by atoms with Gasteiger partial charge in [-0.1, -0.05) is 12.1 Å². The molecular formula is C15H11N7O. The summed E-state index contributed by atoms with van der Waals surface area (Å²) in [6.07, 6.45) is 5.00. The van der Waals surface area contributed by atoms with Crippen molar-refractivity contribution in [2.45, 2.75) is 0 Å². The summed E-state index contributed by atoms with van der Waals surface area (Å²) in [7, 11) is 0. The van der Waals surface area contributed by atoms with Gasteiger partial charge in [-0.3, -0.25) is 14.7 Å². The zero-order valence-corrected chi connectivity index (χ0v) is 11.8. The van der Waals surface area contributed by atoms with Crippen LogP contribution in [0.2, 0.25) is 0 Å². The number of carbonyl (C=O) groups excluding carboxylic acids is 1. The van der Waals surface area contributed by atoms with Crippen LogP contribution in [0, 0.1) is 0 Å². The normalized spacial score (nSPS) is 10.8. The van der Waals surface area contributed by atoms with E-state index in [0.717, 1.165) is 11.0 Å². The van der Waals surface area contributed by atoms with Crippen molar-refractivity contribution in [2.75, 3.05) is 5.32 Å². The largest absolute Gasteiger partial charge is 0.324 e. The van der Waals surface area contributed by atoms with Crippen LogP contribution in [0.1, 0.15) is 10.5 Å². The van der Waals surface area contributed by atoms with Crippen molar-refractivity contribution in [1.82, 2.24) is 29.7 Å². The molecule has 0 fully saturated rings. The lowest BCUT2D eigenvalue weighted by Crippen LogP contribution is -2.15. The lowest BCUT2D eigenvalue weighted by molar-refractivity contribution is 0.102. The van der Waals surface area contributed by atoms with E-state index in [4.69, 9.17) is 0 Å². The van der Waals surface area contributed by atoms with Crippen LogP contribution in [0.15, 0.2) is 55.1 Å². The number of aromatic nitrogens is 6. The van der Waals surface area contributed by atoms with Gasteiger partial charge in [-0.15, -0.1) is 10.2 Å². The number of fused-ring (bicyclic) bond motifs is 1. The van der Waals surface area contributed by atoms with Gasteiger partial charge in [0.2, 0.25) is 5.95 Å². The highest BCUT2D eigenvalue weighted by Crippen LogP contribution is 2.14. The highest BCUT2D eigenvalue weighted by atomic mass is 16.2. The molecule has 23 heavy (non-hydrogen) atoms. The molecule has 0 aliphatic carbocycles. The number of rotatable bonds is 3. The Balaban J connectivity index is 1.54. The average Bonchev–Trinajstić information content (AvgIpc) is 3.24. The molecule has 8 nitrogen and oxygen atoms in total. The fraction of sp³-hybridized carbons (Fsp3) is 0. The molecule has 1 amide bonds. The lowest BCUT2D eigenvalue weighted by atomic mass is 10.3. The first-order valence-electron chi connectivity index (χ1n) is 6.88. The van der Waals surface area contributed by atoms with Crippen LogP contribution in [0.25, 0.3) is 16.9 Å². The summed E-state index contributed by atoms with van der Waals surface area (Å²) in [5.41, 5.74) is 1.84. The van der Waals surface area contributed by atoms with Crippen molar-refractivity contribution in [2.24, 2.45) is 0 Å². The Morgan fingerprint density at radius 1 is 1.13 bits per heavy atom. The number of hydrogen-bond acceptors (Lipinski definition) is 5. The minimum Gasteiger partial charge on any atom is -0.324 e. The van der Waals surface area contributed by atoms with E-state index in [0.29, 0.717) is 11.8 Å². The Morgan fingerprint density at radius 2 is 2.04 bits per heavy atom. The van der Waals surface area contributed by atoms with Gasteiger partial charge in [0, 0.05) is 12.4 Å². The van der Waals surface area contributed by atoms with Gasteiger partial charge >= 0.3 is 0 Å². The van der Waals surface area contributed by atoms with Crippen LogP contribution in [-0.2, 0) is 0 Å². The van der Waals surface area contributed by atoms with Gasteiger partial charge in [-0.25, -0.2) is 9.97 Å². The SMILES string of the molecule is O=C(Nc1nc2ccccc2[nH]1)c1ccc(-n2ccnc2)nn1. The fourth-order valence-electron chi connectivity index (χ4n) is 2.16. The second kappa shape index (κ2) is 5.34. The third-order valence-electron chi connectivity index (χ3n) is 3.27. The summed E-state index contributed by atoms with van der Waals surface area (Å²) in [6.45, 7) is 0. The Morgan fingerprint density at radius 3 is 2.78 bits per heavy atom. The molecule has 0 spiro atoms. The molecule has 112 valence electrons. The van der Waals surface area contributed by atoms with Crippen molar-refractivity contribution >= 4 is 22.9 Å². The highest BCUT2D eigenvalue weighted by molar-refractivity contribution is 6.02. The van der Waals surface area contributed by atoms with Crippen LogP contribution in [0.5, 0.6) is 0 Å². The number of nitrogens with one attached hydrogen (secondary N) is 2. The molecule has 3 heterocycles. The van der Waals surface area contributed by atoms with Crippen molar-refractivity contribution in [3.8, 4) is 5.82 Å². The number of nitrogens with zero attached hydrogens (tertiary/aromatic N) is 5. The summed E-state index contributed by atoms with van der Waals surface area (Å²) in [4.78, 5) is 23.4. The topological polar surface area (TPSA) is 101 Å². The van der Waals surface area contributed by atoms with Crippen molar-refractivity contribution in [3.63, 3.8) is 0 Å². The minimum atomic E-state index is -0.381. The van der Waals surface area contributed by atoms with Crippen molar-refractivity contribution in [1.29, 1.82) is 0 Å². The van der Waals surface area contributed by atoms with Gasteiger partial charge in [0.1, 0.15) is 6.33 Å². The Bertz CT molecular complexity index is 924. The number of H-pyrrole nitrogens is 1. The second-order valence-electron chi connectivity index (χ2n) is 4.80. The zero-order chi connectivity index (χ0) is 15.6. The first-order valence-corrected chi connectivity index (χ1v) is 6.88. The molecule has 8 heteroatoms. The molecule has 3 aromatic heterocycles. The molecule has 0 bridgehead atoms. The predicted octanol–water partition coefficient (Wildman–Crippen LogP) is 1.79. The predicted molar refractivity (Wildman–Crippen MR) is 83.2 cm³/mol. The van der Waals surface area contributed by atoms with Crippen LogP contribution in [0.4, 0.5) is 5.95 Å². The third kappa shape index (κ3) is 2.53. The van der Waals surface area contributed by atoms with E-state index in [1.54, 1.807) is 35.4 Å². The minimum absolute atomic E-state index is 0.203. The number of anilines is 1. The summed E-state index contributed by atoms with van der Waals surface area (Å²) in [6, 6.07) is 10.8.